The largest absolute Gasteiger partial charge is 0.496 e. The van der Waals surface area contributed by atoms with E-state index >= 15 is 0 Å². The highest BCUT2D eigenvalue weighted by Crippen LogP contribution is 2.39. The van der Waals surface area contributed by atoms with Crippen molar-refractivity contribution in [1.29, 1.82) is 0 Å². The zero-order chi connectivity index (χ0) is 14.0. The third kappa shape index (κ3) is 3.41. The molecule has 5 heteroatoms. The molecule has 0 radical (unpaired) electrons. The molecule has 2 aromatic rings. The van der Waals surface area contributed by atoms with Gasteiger partial charge in [0.25, 0.3) is 0 Å². The SMILES string of the molecule is COc1ccc(F)cc1C(Br)c1cc(Cl)ccc1I. The Balaban J connectivity index is 2.51. The number of alkyl halides is 1. The molecule has 2 aromatic carbocycles. The van der Waals surface area contributed by atoms with Gasteiger partial charge in [0.1, 0.15) is 11.6 Å². The van der Waals surface area contributed by atoms with Gasteiger partial charge in [-0.15, -0.1) is 0 Å². The Hall–Kier alpha value is -0.330. The van der Waals surface area contributed by atoms with E-state index in [0.717, 1.165) is 14.7 Å². The molecule has 0 saturated heterocycles. The first kappa shape index (κ1) is 15.1. The maximum atomic E-state index is 13.4. The van der Waals surface area contributed by atoms with Crippen molar-refractivity contribution in [3.05, 3.63) is 61.9 Å². The summed E-state index contributed by atoms with van der Waals surface area (Å²) < 4.78 is 19.8. The first-order valence-corrected chi connectivity index (χ1v) is 7.82. The van der Waals surface area contributed by atoms with Gasteiger partial charge in [0.15, 0.2) is 0 Å². The van der Waals surface area contributed by atoms with Crippen LogP contribution in [0.5, 0.6) is 5.75 Å². The van der Waals surface area contributed by atoms with E-state index in [4.69, 9.17) is 16.3 Å². The van der Waals surface area contributed by atoms with Gasteiger partial charge in [-0.1, -0.05) is 27.5 Å². The first-order chi connectivity index (χ1) is 9.02. The van der Waals surface area contributed by atoms with Gasteiger partial charge in [0.2, 0.25) is 0 Å². The lowest BCUT2D eigenvalue weighted by Gasteiger charge is -2.16. The zero-order valence-corrected chi connectivity index (χ0v) is 14.5. The second-order valence-electron chi connectivity index (χ2n) is 3.91. The van der Waals surface area contributed by atoms with Gasteiger partial charge in [-0.05, 0) is 64.6 Å². The zero-order valence-electron chi connectivity index (χ0n) is 9.96. The molecule has 0 bridgehead atoms. The predicted molar refractivity (Wildman–Crippen MR) is 87.9 cm³/mol. The van der Waals surface area contributed by atoms with Crippen molar-refractivity contribution in [2.45, 2.75) is 4.83 Å². The minimum Gasteiger partial charge on any atom is -0.496 e. The Morgan fingerprint density at radius 2 is 1.95 bits per heavy atom. The number of hydrogen-bond acceptors (Lipinski definition) is 1. The summed E-state index contributed by atoms with van der Waals surface area (Å²) in [7, 11) is 1.57. The number of rotatable bonds is 3. The average Bonchev–Trinajstić information content (AvgIpc) is 2.40. The monoisotopic (exact) mass is 454 g/mol. The van der Waals surface area contributed by atoms with Crippen LogP contribution in [-0.4, -0.2) is 7.11 Å². The van der Waals surface area contributed by atoms with Crippen LogP contribution in [0.3, 0.4) is 0 Å². The molecule has 0 aliphatic carbocycles. The maximum absolute atomic E-state index is 13.4. The second-order valence-corrected chi connectivity index (χ2v) is 6.43. The second kappa shape index (κ2) is 6.41. The van der Waals surface area contributed by atoms with Crippen molar-refractivity contribution in [3.63, 3.8) is 0 Å². The quantitative estimate of drug-likeness (QED) is 0.434. The van der Waals surface area contributed by atoms with Crippen LogP contribution in [0.1, 0.15) is 16.0 Å². The molecule has 0 fully saturated rings. The summed E-state index contributed by atoms with van der Waals surface area (Å²) in [6.07, 6.45) is 0. The fraction of sp³-hybridized carbons (Fsp3) is 0.143. The summed E-state index contributed by atoms with van der Waals surface area (Å²) in [6.45, 7) is 0. The van der Waals surface area contributed by atoms with Gasteiger partial charge in [0.05, 0.1) is 11.9 Å². The van der Waals surface area contributed by atoms with Gasteiger partial charge in [-0.3, -0.25) is 0 Å². The van der Waals surface area contributed by atoms with Crippen molar-refractivity contribution in [3.8, 4) is 5.75 Å². The minimum atomic E-state index is -0.294. The van der Waals surface area contributed by atoms with E-state index in [0.29, 0.717) is 10.8 Å². The molecular formula is C14H10BrClFIO. The van der Waals surface area contributed by atoms with Gasteiger partial charge >= 0.3 is 0 Å². The Morgan fingerprint density at radius 1 is 1.21 bits per heavy atom. The van der Waals surface area contributed by atoms with E-state index in [-0.39, 0.29) is 10.6 Å². The van der Waals surface area contributed by atoms with Crippen LogP contribution in [-0.2, 0) is 0 Å². The molecule has 2 rings (SSSR count). The van der Waals surface area contributed by atoms with Crippen LogP contribution >= 0.6 is 50.1 Å². The molecule has 0 heterocycles. The predicted octanol–water partition coefficient (Wildman–Crippen LogP) is 5.58. The highest BCUT2D eigenvalue weighted by Gasteiger charge is 2.18. The molecule has 1 unspecified atom stereocenters. The molecule has 1 nitrogen and oxygen atoms in total. The summed E-state index contributed by atoms with van der Waals surface area (Å²) in [6, 6.07) is 10.1. The topological polar surface area (TPSA) is 9.23 Å². The number of methoxy groups -OCH3 is 1. The van der Waals surface area contributed by atoms with Crippen LogP contribution in [0.4, 0.5) is 4.39 Å². The van der Waals surface area contributed by atoms with E-state index in [1.807, 2.05) is 18.2 Å². The normalized spacial score (nSPS) is 12.3. The maximum Gasteiger partial charge on any atom is 0.123 e. The Kier molecular flexibility index (Phi) is 5.09. The Labute approximate surface area is 138 Å². The van der Waals surface area contributed by atoms with Crippen molar-refractivity contribution in [2.24, 2.45) is 0 Å². The lowest BCUT2D eigenvalue weighted by molar-refractivity contribution is 0.409. The lowest BCUT2D eigenvalue weighted by atomic mass is 10.0. The smallest absolute Gasteiger partial charge is 0.123 e. The average molecular weight is 455 g/mol. The summed E-state index contributed by atoms with van der Waals surface area (Å²) in [5.74, 6) is 0.344. The fourth-order valence-electron chi connectivity index (χ4n) is 1.78. The van der Waals surface area contributed by atoms with E-state index in [1.165, 1.54) is 12.1 Å². The van der Waals surface area contributed by atoms with E-state index in [1.54, 1.807) is 13.2 Å². The molecule has 0 aliphatic rings. The number of benzene rings is 2. The number of halogens is 4. The third-order valence-electron chi connectivity index (χ3n) is 2.70. The van der Waals surface area contributed by atoms with Gasteiger partial charge < -0.3 is 4.74 Å². The highest BCUT2D eigenvalue weighted by molar-refractivity contribution is 14.1. The molecule has 100 valence electrons. The van der Waals surface area contributed by atoms with Crippen LogP contribution < -0.4 is 4.74 Å². The molecule has 0 saturated carbocycles. The van der Waals surface area contributed by atoms with Crippen LogP contribution in [0.2, 0.25) is 5.02 Å². The lowest BCUT2D eigenvalue weighted by Crippen LogP contribution is -2.00. The highest BCUT2D eigenvalue weighted by atomic mass is 127. The van der Waals surface area contributed by atoms with Crippen molar-refractivity contribution >= 4 is 50.1 Å². The number of ether oxygens (including phenoxy) is 1. The molecule has 0 amide bonds. The summed E-state index contributed by atoms with van der Waals surface area (Å²) in [5.41, 5.74) is 1.72. The summed E-state index contributed by atoms with van der Waals surface area (Å²) >= 11 is 11.8. The molecule has 0 N–H and O–H groups in total. The third-order valence-corrected chi connectivity index (χ3v) is 4.90. The van der Waals surface area contributed by atoms with Crippen molar-refractivity contribution in [1.82, 2.24) is 0 Å². The van der Waals surface area contributed by atoms with Crippen LogP contribution in [0.15, 0.2) is 36.4 Å². The standard InChI is InChI=1S/C14H10BrClFIO/c1-19-13-5-3-9(17)7-11(13)14(15)10-6-8(16)2-4-12(10)18/h2-7,14H,1H3. The Bertz CT molecular complexity index is 606. The fourth-order valence-corrected chi connectivity index (χ4v) is 3.77. The molecule has 1 atom stereocenters. The molecule has 0 spiro atoms. The van der Waals surface area contributed by atoms with Crippen molar-refractivity contribution in [2.75, 3.05) is 7.11 Å². The molecule has 19 heavy (non-hydrogen) atoms. The molecule has 0 aliphatic heterocycles. The van der Waals surface area contributed by atoms with E-state index in [9.17, 15) is 4.39 Å². The van der Waals surface area contributed by atoms with Gasteiger partial charge in [-0.2, -0.15) is 0 Å². The summed E-state index contributed by atoms with van der Waals surface area (Å²) in [4.78, 5) is -0.177. The van der Waals surface area contributed by atoms with Crippen LogP contribution in [0, 0.1) is 9.39 Å². The van der Waals surface area contributed by atoms with Gasteiger partial charge in [0, 0.05) is 14.2 Å². The Morgan fingerprint density at radius 3 is 2.63 bits per heavy atom. The van der Waals surface area contributed by atoms with Gasteiger partial charge in [-0.25, -0.2) is 4.39 Å². The first-order valence-electron chi connectivity index (χ1n) is 5.45. The molecule has 0 aromatic heterocycles. The van der Waals surface area contributed by atoms with Crippen LogP contribution in [0.25, 0.3) is 0 Å². The van der Waals surface area contributed by atoms with Crippen molar-refractivity contribution < 1.29 is 9.13 Å². The minimum absolute atomic E-state index is 0.177. The van der Waals surface area contributed by atoms with E-state index in [2.05, 4.69) is 38.5 Å². The summed E-state index contributed by atoms with van der Waals surface area (Å²) in [5, 5.41) is 0.648. The van der Waals surface area contributed by atoms with E-state index < -0.39 is 0 Å². The number of hydrogen-bond donors (Lipinski definition) is 0. The molecular weight excluding hydrogens is 445 g/mol.